The lowest BCUT2D eigenvalue weighted by molar-refractivity contribution is 1.47. The Labute approximate surface area is 130 Å². The zero-order chi connectivity index (χ0) is 13.7. The summed E-state index contributed by atoms with van der Waals surface area (Å²) in [4.78, 5) is 0. The van der Waals surface area contributed by atoms with Gasteiger partial charge in [-0.3, -0.25) is 0 Å². The van der Waals surface area contributed by atoms with Gasteiger partial charge in [0.2, 0.25) is 0 Å². The highest BCUT2D eigenvalue weighted by molar-refractivity contribution is 8.22. The highest BCUT2D eigenvalue weighted by Crippen LogP contribution is 2.45. The Hall–Kier alpha value is -0.113. The lowest BCUT2D eigenvalue weighted by atomic mass is 10.4. The highest BCUT2D eigenvalue weighted by atomic mass is 35.7. The first-order valence-electron chi connectivity index (χ1n) is 6.00. The molecule has 0 unspecified atom stereocenters. The Bertz CT molecular complexity index is 517. The van der Waals surface area contributed by atoms with Crippen molar-refractivity contribution < 1.29 is 0 Å². The van der Waals surface area contributed by atoms with Crippen LogP contribution in [0.15, 0.2) is 60.7 Å². The first-order valence-corrected chi connectivity index (χ1v) is 12.7. The fourth-order valence-corrected chi connectivity index (χ4v) is 9.12. The van der Waals surface area contributed by atoms with Crippen LogP contribution in [0, 0.1) is 0 Å². The fraction of sp³-hybridized carbons (Fsp3) is 0.143. The minimum Gasteiger partial charge on any atom is -0.147 e. The van der Waals surface area contributed by atoms with Crippen molar-refractivity contribution in [3.05, 3.63) is 60.7 Å². The normalized spacial score (nSPS) is 11.7. The van der Waals surface area contributed by atoms with Gasteiger partial charge in [0.1, 0.15) is 0 Å². The van der Waals surface area contributed by atoms with Crippen LogP contribution in [0.3, 0.4) is 0 Å². The molecule has 2 rings (SSSR count). The van der Waals surface area contributed by atoms with Crippen LogP contribution in [0.1, 0.15) is 0 Å². The van der Waals surface area contributed by atoms with Gasteiger partial charge in [0.05, 0.1) is 0 Å². The van der Waals surface area contributed by atoms with E-state index in [1.54, 1.807) is 0 Å². The smallest absolute Gasteiger partial charge is 0.147 e. The molecule has 19 heavy (non-hydrogen) atoms. The molecule has 0 amide bonds. The lowest BCUT2D eigenvalue weighted by Gasteiger charge is -2.23. The van der Waals surface area contributed by atoms with E-state index in [0.29, 0.717) is 0 Å². The second kappa shape index (κ2) is 7.06. The minimum absolute atomic E-state index is 0.828. The Balaban J connectivity index is 2.42. The van der Waals surface area contributed by atoms with Crippen molar-refractivity contribution in [3.8, 4) is 0 Å². The number of halogens is 2. The van der Waals surface area contributed by atoms with Crippen LogP contribution in [0.5, 0.6) is 0 Å². The molecule has 5 heteroatoms. The number of benzene rings is 2. The number of hydrogen-bond donors (Lipinski definition) is 0. The SMILES string of the molecule is S=P(CC[Si](Cl)Cl)(c1ccccc1)c1ccccc1. The summed E-state index contributed by atoms with van der Waals surface area (Å²) < 4.78 is 0. The van der Waals surface area contributed by atoms with Gasteiger partial charge in [-0.1, -0.05) is 72.5 Å². The Morgan fingerprint density at radius 1 is 0.842 bits per heavy atom. The van der Waals surface area contributed by atoms with Gasteiger partial charge in [0.15, 0.2) is 0 Å². The molecule has 99 valence electrons. The standard InChI is InChI=1S/C14H14Cl2PSSi/c15-19(16)12-11-17(18,13-7-3-1-4-8-13)14-9-5-2-6-10-14/h1-10H,11-12H2. The first kappa shape index (κ1) is 15.3. The molecule has 0 atom stereocenters. The molecule has 0 bridgehead atoms. The second-order valence-corrected chi connectivity index (χ2v) is 13.5. The van der Waals surface area contributed by atoms with Crippen molar-refractivity contribution in [2.75, 3.05) is 6.16 Å². The van der Waals surface area contributed by atoms with Gasteiger partial charge in [0.25, 0.3) is 7.42 Å². The van der Waals surface area contributed by atoms with Crippen molar-refractivity contribution >= 4 is 58.0 Å². The van der Waals surface area contributed by atoms with Crippen molar-refractivity contribution in [2.24, 2.45) is 0 Å². The van der Waals surface area contributed by atoms with Crippen LogP contribution in [-0.4, -0.2) is 13.6 Å². The van der Waals surface area contributed by atoms with Crippen LogP contribution in [0.2, 0.25) is 6.04 Å². The van der Waals surface area contributed by atoms with E-state index in [9.17, 15) is 0 Å². The average Bonchev–Trinajstić information content (AvgIpc) is 2.46. The summed E-state index contributed by atoms with van der Waals surface area (Å²) in [5, 5.41) is 2.49. The second-order valence-electron chi connectivity index (χ2n) is 4.22. The summed E-state index contributed by atoms with van der Waals surface area (Å²) in [5.41, 5.74) is 0. The minimum atomic E-state index is -1.79. The van der Waals surface area contributed by atoms with Gasteiger partial charge >= 0.3 is 0 Å². The molecule has 2 aromatic rings. The summed E-state index contributed by atoms with van der Waals surface area (Å²) in [5.74, 6) is 0. The fourth-order valence-electron chi connectivity index (χ4n) is 1.99. The molecule has 0 N–H and O–H groups in total. The van der Waals surface area contributed by atoms with Gasteiger partial charge in [-0.25, -0.2) is 0 Å². The van der Waals surface area contributed by atoms with Gasteiger partial charge in [-0.05, 0) is 22.8 Å². The van der Waals surface area contributed by atoms with Crippen LogP contribution in [-0.2, 0) is 11.8 Å². The zero-order valence-corrected chi connectivity index (χ0v) is 14.5. The van der Waals surface area contributed by atoms with E-state index in [1.165, 1.54) is 10.6 Å². The van der Waals surface area contributed by atoms with Gasteiger partial charge in [-0.2, -0.15) is 0 Å². The molecule has 0 aliphatic heterocycles. The quantitative estimate of drug-likeness (QED) is 0.447. The third kappa shape index (κ3) is 3.93. The molecule has 0 nitrogen and oxygen atoms in total. The van der Waals surface area contributed by atoms with E-state index < -0.39 is 13.5 Å². The largest absolute Gasteiger partial charge is 0.274 e. The van der Waals surface area contributed by atoms with Crippen LogP contribution in [0.25, 0.3) is 0 Å². The zero-order valence-electron chi connectivity index (χ0n) is 10.3. The third-order valence-electron chi connectivity index (χ3n) is 2.96. The number of rotatable bonds is 5. The average molecular weight is 344 g/mol. The molecule has 0 saturated heterocycles. The van der Waals surface area contributed by atoms with Crippen LogP contribution >= 0.6 is 28.2 Å². The maximum atomic E-state index is 6.06. The maximum absolute atomic E-state index is 6.06. The summed E-state index contributed by atoms with van der Waals surface area (Å²) in [6, 6.07) is 19.8. The van der Waals surface area contributed by atoms with E-state index in [4.69, 9.17) is 34.0 Å². The topological polar surface area (TPSA) is 0 Å². The van der Waals surface area contributed by atoms with Crippen molar-refractivity contribution in [3.63, 3.8) is 0 Å². The molecule has 0 saturated carbocycles. The lowest BCUT2D eigenvalue weighted by Crippen LogP contribution is -2.19. The van der Waals surface area contributed by atoms with E-state index >= 15 is 0 Å². The van der Waals surface area contributed by atoms with E-state index in [1.807, 2.05) is 36.4 Å². The Morgan fingerprint density at radius 3 is 1.63 bits per heavy atom. The predicted octanol–water partition coefficient (Wildman–Crippen LogP) is 4.08. The summed E-state index contributed by atoms with van der Waals surface area (Å²) in [6.45, 7) is 0. The van der Waals surface area contributed by atoms with Gasteiger partial charge in [0, 0.05) is 6.04 Å². The maximum Gasteiger partial charge on any atom is 0.274 e. The summed E-state index contributed by atoms with van der Waals surface area (Å²) in [6.07, 6.45) is 0.900. The molecular weight excluding hydrogens is 330 g/mol. The molecule has 0 spiro atoms. The van der Waals surface area contributed by atoms with E-state index in [-0.39, 0.29) is 0 Å². The van der Waals surface area contributed by atoms with Crippen molar-refractivity contribution in [1.29, 1.82) is 0 Å². The Kier molecular flexibility index (Phi) is 5.67. The van der Waals surface area contributed by atoms with E-state index in [2.05, 4.69) is 24.3 Å². The molecule has 0 aliphatic rings. The molecule has 0 heterocycles. The summed E-state index contributed by atoms with van der Waals surface area (Å²) >= 11 is 18.1. The number of hydrogen-bond acceptors (Lipinski definition) is 1. The monoisotopic (exact) mass is 343 g/mol. The third-order valence-corrected chi connectivity index (χ3v) is 10.1. The van der Waals surface area contributed by atoms with Crippen LogP contribution in [0.4, 0.5) is 0 Å². The van der Waals surface area contributed by atoms with Crippen molar-refractivity contribution in [2.45, 2.75) is 6.04 Å². The molecule has 1 radical (unpaired) electrons. The van der Waals surface area contributed by atoms with Gasteiger partial charge in [-0.15, -0.1) is 22.2 Å². The Morgan fingerprint density at radius 2 is 1.26 bits per heavy atom. The molecule has 0 fully saturated rings. The summed E-state index contributed by atoms with van der Waals surface area (Å²) in [7, 11) is -1.28. The van der Waals surface area contributed by atoms with Crippen LogP contribution < -0.4 is 10.6 Å². The van der Waals surface area contributed by atoms with E-state index in [0.717, 1.165) is 12.2 Å². The highest BCUT2D eigenvalue weighted by Gasteiger charge is 2.23. The first-order chi connectivity index (χ1) is 9.13. The predicted molar refractivity (Wildman–Crippen MR) is 93.6 cm³/mol. The molecule has 0 aromatic heterocycles. The van der Waals surface area contributed by atoms with Crippen molar-refractivity contribution in [1.82, 2.24) is 0 Å². The molecule has 2 aromatic carbocycles. The molecule has 0 aliphatic carbocycles. The van der Waals surface area contributed by atoms with Gasteiger partial charge < -0.3 is 0 Å². The molecular formula is C14H14Cl2PSSi.